The van der Waals surface area contributed by atoms with Crippen LogP contribution in [0.1, 0.15) is 51.5 Å². The third-order valence-corrected chi connectivity index (χ3v) is 5.93. The molecule has 1 aromatic rings. The third kappa shape index (κ3) is 4.86. The first-order valence-corrected chi connectivity index (χ1v) is 11.1. The molecule has 6 nitrogen and oxygen atoms in total. The molecule has 3 rings (SSSR count). The summed E-state index contributed by atoms with van der Waals surface area (Å²) in [6.07, 6.45) is 4.81. The molecule has 0 saturated carbocycles. The van der Waals surface area contributed by atoms with E-state index in [0.29, 0.717) is 48.1 Å². The Morgan fingerprint density at radius 2 is 1.73 bits per heavy atom. The molecule has 1 saturated heterocycles. The number of rotatable bonds is 10. The fraction of sp³-hybridized carbons (Fsp3) is 0.583. The molecule has 0 spiro atoms. The van der Waals surface area contributed by atoms with E-state index in [4.69, 9.17) is 9.47 Å². The molecule has 6 heteroatoms. The highest BCUT2D eigenvalue weighted by Crippen LogP contribution is 2.37. The van der Waals surface area contributed by atoms with Crippen molar-refractivity contribution in [3.8, 4) is 5.75 Å². The lowest BCUT2D eigenvalue weighted by atomic mass is 9.97. The summed E-state index contributed by atoms with van der Waals surface area (Å²) in [7, 11) is 1.59. The van der Waals surface area contributed by atoms with Gasteiger partial charge in [0.2, 0.25) is 0 Å². The van der Waals surface area contributed by atoms with Crippen LogP contribution in [-0.4, -0.2) is 61.6 Å². The second-order valence-corrected chi connectivity index (χ2v) is 8.17. The number of imide groups is 1. The van der Waals surface area contributed by atoms with Crippen LogP contribution < -0.4 is 4.74 Å². The maximum Gasteiger partial charge on any atom is 0.277 e. The topological polar surface area (TPSA) is 59.1 Å². The highest BCUT2D eigenvalue weighted by atomic mass is 16.5. The van der Waals surface area contributed by atoms with E-state index in [0.717, 1.165) is 45.4 Å². The average molecular weight is 415 g/mol. The van der Waals surface area contributed by atoms with Gasteiger partial charge in [0, 0.05) is 38.4 Å². The van der Waals surface area contributed by atoms with Crippen LogP contribution >= 0.6 is 0 Å². The number of nitrogens with zero attached hydrogens (tertiary/aromatic N) is 2. The molecule has 164 valence electrons. The van der Waals surface area contributed by atoms with E-state index in [1.54, 1.807) is 7.11 Å². The van der Waals surface area contributed by atoms with Crippen LogP contribution in [0.15, 0.2) is 30.0 Å². The van der Waals surface area contributed by atoms with Gasteiger partial charge < -0.3 is 14.4 Å². The molecule has 0 N–H and O–H groups in total. The lowest BCUT2D eigenvalue weighted by Gasteiger charge is -2.32. The molecule has 0 radical (unpaired) electrons. The van der Waals surface area contributed by atoms with Gasteiger partial charge in [0.1, 0.15) is 11.4 Å². The molecule has 2 amide bonds. The zero-order chi connectivity index (χ0) is 21.5. The van der Waals surface area contributed by atoms with Gasteiger partial charge in [0.15, 0.2) is 0 Å². The molecule has 30 heavy (non-hydrogen) atoms. The average Bonchev–Trinajstić information content (AvgIpc) is 3.01. The van der Waals surface area contributed by atoms with Gasteiger partial charge in [-0.15, -0.1) is 0 Å². The van der Waals surface area contributed by atoms with Crippen molar-refractivity contribution in [1.82, 2.24) is 9.80 Å². The monoisotopic (exact) mass is 414 g/mol. The van der Waals surface area contributed by atoms with Crippen molar-refractivity contribution >= 4 is 17.4 Å². The van der Waals surface area contributed by atoms with Crippen molar-refractivity contribution < 1.29 is 19.1 Å². The van der Waals surface area contributed by atoms with E-state index in [9.17, 15) is 9.59 Å². The quantitative estimate of drug-likeness (QED) is 0.431. The Kier molecular flexibility index (Phi) is 7.91. The predicted octanol–water partition coefficient (Wildman–Crippen LogP) is 3.71. The molecule has 1 fully saturated rings. The zero-order valence-electron chi connectivity index (χ0n) is 18.5. The van der Waals surface area contributed by atoms with Gasteiger partial charge >= 0.3 is 0 Å². The molecule has 1 aromatic carbocycles. The number of methoxy groups -OCH3 is 1. The number of carbonyl (C=O) groups is 2. The first-order valence-electron chi connectivity index (χ1n) is 11.1. The van der Waals surface area contributed by atoms with E-state index in [2.05, 4.69) is 18.7 Å². The molecule has 0 aromatic heterocycles. The summed E-state index contributed by atoms with van der Waals surface area (Å²) in [5.41, 5.74) is 1.69. The van der Waals surface area contributed by atoms with Crippen LogP contribution in [0.4, 0.5) is 0 Å². The van der Waals surface area contributed by atoms with Gasteiger partial charge in [-0.1, -0.05) is 38.5 Å². The number of carbonyl (C=O) groups excluding carboxylic acids is 2. The zero-order valence-corrected chi connectivity index (χ0v) is 18.5. The van der Waals surface area contributed by atoms with E-state index in [1.165, 1.54) is 4.90 Å². The smallest absolute Gasteiger partial charge is 0.277 e. The van der Waals surface area contributed by atoms with Crippen molar-refractivity contribution in [1.29, 1.82) is 0 Å². The Balaban J connectivity index is 1.84. The SMILES string of the molecule is CCCCOCCCN1C(=O)C(c2ccccc2OC)=C(N2CCC(C)CC2)C1=O. The van der Waals surface area contributed by atoms with Crippen LogP contribution in [0.2, 0.25) is 0 Å². The minimum atomic E-state index is -0.230. The number of unbranched alkanes of at least 4 members (excludes halogenated alkanes) is 1. The predicted molar refractivity (Wildman–Crippen MR) is 117 cm³/mol. The molecule has 0 aliphatic carbocycles. The fourth-order valence-electron chi connectivity index (χ4n) is 4.06. The maximum absolute atomic E-state index is 13.4. The standard InChI is InChI=1S/C24H34N2O4/c1-4-5-16-30-17-8-13-26-23(27)21(19-9-6-7-10-20(19)29-3)22(24(26)28)25-14-11-18(2)12-15-25/h6-7,9-10,18H,4-5,8,11-17H2,1-3H3. The summed E-state index contributed by atoms with van der Waals surface area (Å²) in [5.74, 6) is 0.831. The Hall–Kier alpha value is -2.34. The number of amides is 2. The van der Waals surface area contributed by atoms with Crippen molar-refractivity contribution in [2.24, 2.45) is 5.92 Å². The van der Waals surface area contributed by atoms with Gasteiger partial charge in [-0.3, -0.25) is 14.5 Å². The van der Waals surface area contributed by atoms with Crippen LogP contribution in [0.25, 0.3) is 5.57 Å². The molecule has 2 aliphatic rings. The number of likely N-dealkylation sites (tertiary alicyclic amines) is 1. The first kappa shape index (κ1) is 22.3. The van der Waals surface area contributed by atoms with E-state index >= 15 is 0 Å². The van der Waals surface area contributed by atoms with Crippen LogP contribution in [0.3, 0.4) is 0 Å². The van der Waals surface area contributed by atoms with Gasteiger partial charge in [-0.2, -0.15) is 0 Å². The Morgan fingerprint density at radius 3 is 2.43 bits per heavy atom. The lowest BCUT2D eigenvalue weighted by Crippen LogP contribution is -2.39. The van der Waals surface area contributed by atoms with Gasteiger partial charge in [0.05, 0.1) is 12.7 Å². The number of hydrogen-bond acceptors (Lipinski definition) is 5. The van der Waals surface area contributed by atoms with Crippen molar-refractivity contribution in [2.45, 2.75) is 46.0 Å². The van der Waals surface area contributed by atoms with Gasteiger partial charge in [-0.05, 0) is 37.7 Å². The van der Waals surface area contributed by atoms with Gasteiger partial charge in [0.25, 0.3) is 11.8 Å². The third-order valence-electron chi connectivity index (χ3n) is 5.93. The number of ether oxygens (including phenoxy) is 2. The maximum atomic E-state index is 13.4. The Labute approximate surface area is 179 Å². The van der Waals surface area contributed by atoms with Crippen LogP contribution in [0, 0.1) is 5.92 Å². The first-order chi connectivity index (χ1) is 14.6. The molecule has 0 unspecified atom stereocenters. The second kappa shape index (κ2) is 10.6. The molecule has 0 bridgehead atoms. The number of hydrogen-bond donors (Lipinski definition) is 0. The molecular formula is C24H34N2O4. The number of benzene rings is 1. The Bertz CT molecular complexity index is 781. The summed E-state index contributed by atoms with van der Waals surface area (Å²) in [6.45, 7) is 7.59. The summed E-state index contributed by atoms with van der Waals surface area (Å²) in [5, 5.41) is 0. The highest BCUT2D eigenvalue weighted by molar-refractivity contribution is 6.36. The Morgan fingerprint density at radius 1 is 1.03 bits per heavy atom. The molecule has 0 atom stereocenters. The van der Waals surface area contributed by atoms with E-state index < -0.39 is 0 Å². The molecule has 2 aliphatic heterocycles. The van der Waals surface area contributed by atoms with Crippen molar-refractivity contribution in [3.63, 3.8) is 0 Å². The normalized spacial score (nSPS) is 18.0. The molecular weight excluding hydrogens is 380 g/mol. The largest absolute Gasteiger partial charge is 0.496 e. The van der Waals surface area contributed by atoms with Crippen molar-refractivity contribution in [2.75, 3.05) is 40.0 Å². The van der Waals surface area contributed by atoms with E-state index in [-0.39, 0.29) is 11.8 Å². The van der Waals surface area contributed by atoms with Crippen LogP contribution in [0.5, 0.6) is 5.75 Å². The molecule has 2 heterocycles. The minimum Gasteiger partial charge on any atom is -0.496 e. The summed E-state index contributed by atoms with van der Waals surface area (Å²) in [4.78, 5) is 30.2. The van der Waals surface area contributed by atoms with Gasteiger partial charge in [-0.25, -0.2) is 0 Å². The lowest BCUT2D eigenvalue weighted by molar-refractivity contribution is -0.137. The summed E-state index contributed by atoms with van der Waals surface area (Å²) >= 11 is 0. The summed E-state index contributed by atoms with van der Waals surface area (Å²) < 4.78 is 11.1. The second-order valence-electron chi connectivity index (χ2n) is 8.17. The number of piperidine rings is 1. The highest BCUT2D eigenvalue weighted by Gasteiger charge is 2.42. The summed E-state index contributed by atoms with van der Waals surface area (Å²) in [6, 6.07) is 7.45. The van der Waals surface area contributed by atoms with E-state index in [1.807, 2.05) is 24.3 Å². The fourth-order valence-corrected chi connectivity index (χ4v) is 4.06. The van der Waals surface area contributed by atoms with Crippen LogP contribution in [-0.2, 0) is 14.3 Å². The van der Waals surface area contributed by atoms with Crippen molar-refractivity contribution in [3.05, 3.63) is 35.5 Å². The number of para-hydroxylation sites is 1. The minimum absolute atomic E-state index is 0.191.